The Morgan fingerprint density at radius 3 is 2.62 bits per heavy atom. The Morgan fingerprint density at radius 1 is 1.38 bits per heavy atom. The Bertz CT molecular complexity index is 327. The van der Waals surface area contributed by atoms with Crippen LogP contribution < -0.4 is 4.74 Å². The summed E-state index contributed by atoms with van der Waals surface area (Å²) in [6.07, 6.45) is 0.801. The van der Waals surface area contributed by atoms with Crippen LogP contribution in [0, 0.1) is 11.8 Å². The molecule has 0 fully saturated rings. The Balaban J connectivity index is 2.57. The third-order valence-corrected chi connectivity index (χ3v) is 1.50. The molecule has 0 aliphatic heterocycles. The standard InChI is InChI=1S/C11H10O2/c1-2-3-8-13-11-6-4-10(9-12)5-7-11/h4-7,9H,8H2,1H3. The first-order valence-corrected chi connectivity index (χ1v) is 3.94. The van der Waals surface area contributed by atoms with E-state index >= 15 is 0 Å². The Hall–Kier alpha value is -1.75. The summed E-state index contributed by atoms with van der Waals surface area (Å²) in [5.74, 6) is 6.24. The number of aldehydes is 1. The van der Waals surface area contributed by atoms with Gasteiger partial charge in [0, 0.05) is 5.56 Å². The van der Waals surface area contributed by atoms with Crippen molar-refractivity contribution in [2.24, 2.45) is 0 Å². The van der Waals surface area contributed by atoms with E-state index in [1.807, 2.05) is 0 Å². The lowest BCUT2D eigenvalue weighted by molar-refractivity contribution is 0.112. The van der Waals surface area contributed by atoms with Gasteiger partial charge in [-0.05, 0) is 31.2 Å². The molecule has 66 valence electrons. The molecular formula is C11H10O2. The molecular weight excluding hydrogens is 164 g/mol. The van der Waals surface area contributed by atoms with E-state index in [2.05, 4.69) is 11.8 Å². The molecule has 0 aliphatic rings. The summed E-state index contributed by atoms with van der Waals surface area (Å²) >= 11 is 0. The maximum Gasteiger partial charge on any atom is 0.150 e. The summed E-state index contributed by atoms with van der Waals surface area (Å²) in [5, 5.41) is 0. The zero-order valence-electron chi connectivity index (χ0n) is 7.41. The van der Waals surface area contributed by atoms with Crippen LogP contribution in [0.4, 0.5) is 0 Å². The van der Waals surface area contributed by atoms with E-state index in [4.69, 9.17) is 4.74 Å². The Kier molecular flexibility index (Phi) is 3.59. The van der Waals surface area contributed by atoms with Crippen molar-refractivity contribution in [3.8, 4) is 17.6 Å². The van der Waals surface area contributed by atoms with Crippen LogP contribution in [0.3, 0.4) is 0 Å². The van der Waals surface area contributed by atoms with Gasteiger partial charge in [0.05, 0.1) is 0 Å². The van der Waals surface area contributed by atoms with Crippen LogP contribution in [0.1, 0.15) is 17.3 Å². The average molecular weight is 174 g/mol. The monoisotopic (exact) mass is 174 g/mol. The van der Waals surface area contributed by atoms with Crippen molar-refractivity contribution in [3.05, 3.63) is 29.8 Å². The van der Waals surface area contributed by atoms with Gasteiger partial charge in [0.25, 0.3) is 0 Å². The van der Waals surface area contributed by atoms with Gasteiger partial charge >= 0.3 is 0 Å². The van der Waals surface area contributed by atoms with Crippen LogP contribution in [-0.2, 0) is 0 Å². The van der Waals surface area contributed by atoms with Gasteiger partial charge in [0.2, 0.25) is 0 Å². The third kappa shape index (κ3) is 3.00. The zero-order chi connectivity index (χ0) is 9.52. The molecule has 0 saturated heterocycles. The molecule has 0 aromatic heterocycles. The van der Waals surface area contributed by atoms with Gasteiger partial charge in [-0.1, -0.05) is 5.92 Å². The molecule has 13 heavy (non-hydrogen) atoms. The van der Waals surface area contributed by atoms with Crippen molar-refractivity contribution < 1.29 is 9.53 Å². The highest BCUT2D eigenvalue weighted by Crippen LogP contribution is 2.10. The predicted molar refractivity (Wildman–Crippen MR) is 50.8 cm³/mol. The molecule has 0 bridgehead atoms. The van der Waals surface area contributed by atoms with Crippen molar-refractivity contribution in [1.82, 2.24) is 0 Å². The van der Waals surface area contributed by atoms with E-state index in [0.717, 1.165) is 12.0 Å². The smallest absolute Gasteiger partial charge is 0.150 e. The molecule has 2 nitrogen and oxygen atoms in total. The van der Waals surface area contributed by atoms with Gasteiger partial charge in [-0.25, -0.2) is 0 Å². The van der Waals surface area contributed by atoms with Crippen LogP contribution in [0.5, 0.6) is 5.75 Å². The molecule has 0 unspecified atom stereocenters. The molecule has 0 amide bonds. The normalized spacial score (nSPS) is 8.38. The molecule has 0 heterocycles. The fourth-order valence-corrected chi connectivity index (χ4v) is 0.834. The van der Waals surface area contributed by atoms with Gasteiger partial charge in [-0.2, -0.15) is 0 Å². The van der Waals surface area contributed by atoms with Crippen molar-refractivity contribution in [2.75, 3.05) is 6.61 Å². The molecule has 1 aromatic carbocycles. The van der Waals surface area contributed by atoms with Crippen LogP contribution in [0.2, 0.25) is 0 Å². The van der Waals surface area contributed by atoms with Gasteiger partial charge in [-0.15, -0.1) is 5.92 Å². The number of carbonyl (C=O) groups is 1. The van der Waals surface area contributed by atoms with Crippen LogP contribution in [0.15, 0.2) is 24.3 Å². The van der Waals surface area contributed by atoms with E-state index in [-0.39, 0.29) is 0 Å². The molecule has 1 aromatic rings. The number of hydrogen-bond donors (Lipinski definition) is 0. The number of rotatable bonds is 3. The molecule has 0 atom stereocenters. The highest BCUT2D eigenvalue weighted by Gasteiger charge is 1.91. The first-order chi connectivity index (χ1) is 6.36. The molecule has 2 heteroatoms. The van der Waals surface area contributed by atoms with Gasteiger partial charge < -0.3 is 4.74 Å². The largest absolute Gasteiger partial charge is 0.481 e. The number of ether oxygens (including phenoxy) is 1. The fraction of sp³-hybridized carbons (Fsp3) is 0.182. The highest BCUT2D eigenvalue weighted by atomic mass is 16.5. The summed E-state index contributed by atoms with van der Waals surface area (Å²) in [4.78, 5) is 10.3. The zero-order valence-corrected chi connectivity index (χ0v) is 7.41. The minimum atomic E-state index is 0.386. The summed E-state index contributed by atoms with van der Waals surface area (Å²) < 4.78 is 5.26. The maximum absolute atomic E-state index is 10.3. The molecule has 1 rings (SSSR count). The first-order valence-electron chi connectivity index (χ1n) is 3.94. The number of benzene rings is 1. The topological polar surface area (TPSA) is 26.3 Å². The molecule has 0 saturated carbocycles. The highest BCUT2D eigenvalue weighted by molar-refractivity contribution is 5.74. The van der Waals surface area contributed by atoms with Crippen LogP contribution in [0.25, 0.3) is 0 Å². The Morgan fingerprint density at radius 2 is 2.08 bits per heavy atom. The van der Waals surface area contributed by atoms with Crippen molar-refractivity contribution >= 4 is 6.29 Å². The fourth-order valence-electron chi connectivity index (χ4n) is 0.834. The van der Waals surface area contributed by atoms with E-state index in [1.165, 1.54) is 0 Å². The predicted octanol–water partition coefficient (Wildman–Crippen LogP) is 1.90. The van der Waals surface area contributed by atoms with Crippen LogP contribution in [-0.4, -0.2) is 12.9 Å². The lowest BCUT2D eigenvalue weighted by Crippen LogP contribution is -1.93. The van der Waals surface area contributed by atoms with Crippen molar-refractivity contribution in [3.63, 3.8) is 0 Å². The summed E-state index contributed by atoms with van der Waals surface area (Å²) in [5.41, 5.74) is 0.647. The van der Waals surface area contributed by atoms with E-state index < -0.39 is 0 Å². The van der Waals surface area contributed by atoms with Crippen molar-refractivity contribution in [2.45, 2.75) is 6.92 Å². The molecule has 0 N–H and O–H groups in total. The lowest BCUT2D eigenvalue weighted by atomic mass is 10.2. The van der Waals surface area contributed by atoms with E-state index in [1.54, 1.807) is 31.2 Å². The molecule has 0 aliphatic carbocycles. The van der Waals surface area contributed by atoms with E-state index in [9.17, 15) is 4.79 Å². The van der Waals surface area contributed by atoms with E-state index in [0.29, 0.717) is 12.2 Å². The maximum atomic E-state index is 10.3. The first kappa shape index (κ1) is 9.34. The molecule has 0 radical (unpaired) electrons. The summed E-state index contributed by atoms with van der Waals surface area (Å²) in [6, 6.07) is 6.92. The molecule has 0 spiro atoms. The quantitative estimate of drug-likeness (QED) is 0.516. The van der Waals surface area contributed by atoms with Gasteiger partial charge in [0.1, 0.15) is 18.6 Å². The Labute approximate surface area is 77.5 Å². The second-order valence-electron chi connectivity index (χ2n) is 2.40. The number of carbonyl (C=O) groups excluding carboxylic acids is 1. The SMILES string of the molecule is CC#CCOc1ccc(C=O)cc1. The van der Waals surface area contributed by atoms with Crippen LogP contribution >= 0.6 is 0 Å². The second-order valence-corrected chi connectivity index (χ2v) is 2.40. The van der Waals surface area contributed by atoms with Crippen molar-refractivity contribution in [1.29, 1.82) is 0 Å². The van der Waals surface area contributed by atoms with Gasteiger partial charge in [-0.3, -0.25) is 4.79 Å². The third-order valence-electron chi connectivity index (χ3n) is 1.50. The summed E-state index contributed by atoms with van der Waals surface area (Å²) in [7, 11) is 0. The average Bonchev–Trinajstić information content (AvgIpc) is 2.19. The van der Waals surface area contributed by atoms with Gasteiger partial charge in [0.15, 0.2) is 0 Å². The minimum absolute atomic E-state index is 0.386. The number of hydrogen-bond acceptors (Lipinski definition) is 2. The summed E-state index contributed by atoms with van der Waals surface area (Å²) in [6.45, 7) is 2.15. The second kappa shape index (κ2) is 5.00. The minimum Gasteiger partial charge on any atom is -0.481 e. The lowest BCUT2D eigenvalue weighted by Gasteiger charge is -2.00.